The van der Waals surface area contributed by atoms with Gasteiger partial charge >= 0.3 is 0 Å². The Labute approximate surface area is 219 Å². The number of para-hydroxylation sites is 2. The van der Waals surface area contributed by atoms with Crippen LogP contribution in [0.4, 0.5) is 11.4 Å². The molecule has 2 aromatic carbocycles. The molecule has 188 valence electrons. The van der Waals surface area contributed by atoms with Crippen molar-refractivity contribution in [3.8, 4) is 0 Å². The quantitative estimate of drug-likeness (QED) is 0.155. The first-order valence-electron chi connectivity index (χ1n) is 13.1. The molecule has 2 heterocycles. The van der Waals surface area contributed by atoms with Crippen LogP contribution in [0.2, 0.25) is 0 Å². The number of benzene rings is 2. The molecule has 4 rings (SSSR count). The van der Waals surface area contributed by atoms with Gasteiger partial charge in [-0.3, -0.25) is 4.79 Å². The highest BCUT2D eigenvalue weighted by atomic mass is 31.0. The van der Waals surface area contributed by atoms with Gasteiger partial charge in [0, 0.05) is 47.5 Å². The van der Waals surface area contributed by atoms with Gasteiger partial charge in [0.05, 0.1) is 5.41 Å². The van der Waals surface area contributed by atoms with Gasteiger partial charge in [0.15, 0.2) is 5.71 Å². The molecule has 1 unspecified atom stereocenters. The van der Waals surface area contributed by atoms with Crippen LogP contribution in [-0.4, -0.2) is 29.4 Å². The van der Waals surface area contributed by atoms with Crippen molar-refractivity contribution in [3.05, 3.63) is 95.7 Å². The average Bonchev–Trinajstić information content (AvgIpc) is 3.18. The van der Waals surface area contributed by atoms with E-state index in [1.807, 2.05) is 0 Å². The van der Waals surface area contributed by atoms with Crippen molar-refractivity contribution >= 4 is 31.9 Å². The molecule has 0 saturated heterocycles. The van der Waals surface area contributed by atoms with E-state index in [0.29, 0.717) is 6.42 Å². The molecule has 4 heteroatoms. The average molecular weight is 500 g/mol. The molecular weight excluding hydrogens is 459 g/mol. The normalized spacial score (nSPS) is 19.1. The molecule has 0 aliphatic carbocycles. The van der Waals surface area contributed by atoms with Crippen molar-refractivity contribution in [3.63, 3.8) is 0 Å². The summed E-state index contributed by atoms with van der Waals surface area (Å²) in [6.07, 6.45) is 14.8. The standard InChI is InChI=1S/C32H40N2OP/c1-31(2)24-16-11-13-18-26(24)33(5)28(31)20-8-6-9-21-29-32(3,4)25-17-12-14-19-27(25)34(29)23-15-7-10-22-30(35)36/h6,8-9,11-14,16-21H,7,10,15,22-23,36H2,1-5H3/q+1. The molecule has 0 amide bonds. The van der Waals surface area contributed by atoms with Gasteiger partial charge < -0.3 is 4.90 Å². The lowest BCUT2D eigenvalue weighted by atomic mass is 9.81. The lowest BCUT2D eigenvalue weighted by Gasteiger charge is -2.27. The van der Waals surface area contributed by atoms with Crippen molar-refractivity contribution in [1.82, 2.24) is 0 Å². The fraction of sp³-hybridized carbons (Fsp3) is 0.375. The highest BCUT2D eigenvalue weighted by Gasteiger charge is 2.42. The highest BCUT2D eigenvalue weighted by molar-refractivity contribution is 7.40. The maximum atomic E-state index is 11.3. The van der Waals surface area contributed by atoms with E-state index in [1.165, 1.54) is 33.9 Å². The maximum absolute atomic E-state index is 11.3. The molecule has 2 aliphatic rings. The van der Waals surface area contributed by atoms with Gasteiger partial charge in [0.1, 0.15) is 12.6 Å². The minimum Gasteiger partial charge on any atom is -0.344 e. The molecule has 0 bridgehead atoms. The SMILES string of the molecule is C[N+]1=C(/C=C/C=C/C=C2/N(CCCCCC(=O)P)c3ccccc3C2(C)C)C(C)(C)c2ccccc21. The largest absolute Gasteiger partial charge is 0.344 e. The van der Waals surface area contributed by atoms with Crippen LogP contribution in [0, 0.1) is 0 Å². The number of carbonyl (C=O) groups excluding carboxylic acids is 1. The van der Waals surface area contributed by atoms with Gasteiger partial charge in [-0.15, -0.1) is 0 Å². The molecule has 36 heavy (non-hydrogen) atoms. The summed E-state index contributed by atoms with van der Waals surface area (Å²) >= 11 is 0. The van der Waals surface area contributed by atoms with E-state index < -0.39 is 0 Å². The molecule has 2 aromatic rings. The molecule has 0 fully saturated rings. The molecule has 0 N–H and O–H groups in total. The van der Waals surface area contributed by atoms with E-state index in [2.05, 4.69) is 132 Å². The zero-order valence-corrected chi connectivity index (χ0v) is 23.6. The van der Waals surface area contributed by atoms with Gasteiger partial charge in [-0.2, -0.15) is 4.58 Å². The second-order valence-corrected chi connectivity index (χ2v) is 11.6. The second-order valence-electron chi connectivity index (χ2n) is 11.0. The van der Waals surface area contributed by atoms with Crippen LogP contribution in [-0.2, 0) is 15.6 Å². The molecule has 2 aliphatic heterocycles. The summed E-state index contributed by atoms with van der Waals surface area (Å²) in [5.74, 6) is 0. The van der Waals surface area contributed by atoms with Crippen LogP contribution in [0.25, 0.3) is 0 Å². The minimum absolute atomic E-state index is 0.0128. The van der Waals surface area contributed by atoms with E-state index in [1.54, 1.807) is 0 Å². The number of hydrogen-bond donors (Lipinski definition) is 0. The summed E-state index contributed by atoms with van der Waals surface area (Å²) in [7, 11) is 4.45. The van der Waals surface area contributed by atoms with Gasteiger partial charge in [0.25, 0.3) is 0 Å². The Bertz CT molecular complexity index is 1260. The third kappa shape index (κ3) is 5.04. The number of fused-ring (bicyclic) bond motifs is 2. The summed E-state index contributed by atoms with van der Waals surface area (Å²) in [4.78, 5) is 13.7. The van der Waals surface area contributed by atoms with Gasteiger partial charge in [0.2, 0.25) is 5.69 Å². The van der Waals surface area contributed by atoms with Gasteiger partial charge in [-0.1, -0.05) is 84.1 Å². The number of rotatable bonds is 9. The summed E-state index contributed by atoms with van der Waals surface area (Å²) in [6.45, 7) is 10.2. The van der Waals surface area contributed by atoms with Crippen LogP contribution in [0.3, 0.4) is 0 Å². The summed E-state index contributed by atoms with van der Waals surface area (Å²) < 4.78 is 2.31. The van der Waals surface area contributed by atoms with Crippen LogP contribution < -0.4 is 4.90 Å². The first-order valence-corrected chi connectivity index (χ1v) is 13.6. The van der Waals surface area contributed by atoms with Crippen LogP contribution in [0.1, 0.15) is 64.5 Å². The van der Waals surface area contributed by atoms with Crippen LogP contribution in [0.5, 0.6) is 0 Å². The zero-order chi connectivity index (χ0) is 25.9. The predicted octanol–water partition coefficient (Wildman–Crippen LogP) is 7.45. The van der Waals surface area contributed by atoms with Crippen LogP contribution in [0.15, 0.2) is 84.6 Å². The predicted molar refractivity (Wildman–Crippen MR) is 157 cm³/mol. The summed E-state index contributed by atoms with van der Waals surface area (Å²) in [6, 6.07) is 17.4. The molecule has 0 radical (unpaired) electrons. The van der Waals surface area contributed by atoms with E-state index in [4.69, 9.17) is 0 Å². The lowest BCUT2D eigenvalue weighted by Crippen LogP contribution is -2.27. The fourth-order valence-electron chi connectivity index (χ4n) is 5.79. The highest BCUT2D eigenvalue weighted by Crippen LogP contribution is 2.47. The molecule has 0 spiro atoms. The Balaban J connectivity index is 1.52. The third-order valence-corrected chi connectivity index (χ3v) is 8.06. The topological polar surface area (TPSA) is 23.3 Å². The zero-order valence-electron chi connectivity index (χ0n) is 22.4. The molecule has 0 aromatic heterocycles. The molecular formula is C32H40N2OP+. The number of hydrogen-bond acceptors (Lipinski definition) is 2. The summed E-state index contributed by atoms with van der Waals surface area (Å²) in [5.41, 5.74) is 8.12. The maximum Gasteiger partial charge on any atom is 0.209 e. The number of nitrogens with zero attached hydrogens (tertiary/aromatic N) is 2. The number of unbranched alkanes of at least 4 members (excludes halogenated alkanes) is 2. The first-order chi connectivity index (χ1) is 17.2. The Morgan fingerprint density at radius 2 is 1.58 bits per heavy atom. The van der Waals surface area contributed by atoms with Crippen molar-refractivity contribution < 1.29 is 9.37 Å². The van der Waals surface area contributed by atoms with Gasteiger partial charge in [-0.25, -0.2) is 0 Å². The molecule has 3 nitrogen and oxygen atoms in total. The molecule has 0 saturated carbocycles. The van der Waals surface area contributed by atoms with Crippen molar-refractivity contribution in [2.75, 3.05) is 18.5 Å². The van der Waals surface area contributed by atoms with Crippen molar-refractivity contribution in [1.29, 1.82) is 0 Å². The van der Waals surface area contributed by atoms with Crippen molar-refractivity contribution in [2.45, 2.75) is 64.2 Å². The Morgan fingerprint density at radius 1 is 0.889 bits per heavy atom. The number of anilines is 1. The van der Waals surface area contributed by atoms with Crippen LogP contribution >= 0.6 is 9.24 Å². The second kappa shape index (κ2) is 10.7. The van der Waals surface area contributed by atoms with Gasteiger partial charge in [-0.05, 0) is 44.4 Å². The fourth-order valence-corrected chi connectivity index (χ4v) is 5.99. The van der Waals surface area contributed by atoms with E-state index in [-0.39, 0.29) is 16.4 Å². The van der Waals surface area contributed by atoms with Crippen molar-refractivity contribution in [2.24, 2.45) is 0 Å². The van der Waals surface area contributed by atoms with E-state index in [0.717, 1.165) is 25.8 Å². The Morgan fingerprint density at radius 3 is 2.31 bits per heavy atom. The Kier molecular flexibility index (Phi) is 7.81. The number of allylic oxidation sites excluding steroid dienone is 6. The minimum atomic E-state index is -0.0509. The summed E-state index contributed by atoms with van der Waals surface area (Å²) in [5, 5.41) is 0. The smallest absolute Gasteiger partial charge is 0.209 e. The van der Waals surface area contributed by atoms with E-state index >= 15 is 0 Å². The monoisotopic (exact) mass is 499 g/mol. The Hall–Kier alpha value is -2.77. The first kappa shape index (κ1) is 26.3. The van der Waals surface area contributed by atoms with E-state index in [9.17, 15) is 4.79 Å². The number of carbonyl (C=O) groups is 1. The third-order valence-electron chi connectivity index (χ3n) is 7.78. The molecule has 1 atom stereocenters. The lowest BCUT2D eigenvalue weighted by molar-refractivity contribution is -0.401.